The quantitative estimate of drug-likeness (QED) is 0.835. The molecule has 2 aromatic carbocycles. The number of amides is 1. The normalized spacial score (nSPS) is 18.9. The number of carbonyl (C=O) groups excluding carboxylic acids is 1. The summed E-state index contributed by atoms with van der Waals surface area (Å²) >= 11 is 0. The molecule has 1 N–H and O–H groups in total. The summed E-state index contributed by atoms with van der Waals surface area (Å²) in [6.45, 7) is 2.37. The highest BCUT2D eigenvalue weighted by Gasteiger charge is 2.39. The number of nitrogens with zero attached hydrogens (tertiary/aromatic N) is 1. The predicted molar refractivity (Wildman–Crippen MR) is 97.8 cm³/mol. The molecule has 2 aromatic rings. The molecule has 148 valence electrons. The molecular formula is C19H17F3N2O3S. The molecule has 0 saturated carbocycles. The van der Waals surface area contributed by atoms with Gasteiger partial charge in [-0.15, -0.1) is 0 Å². The fraction of sp³-hybridized carbons (Fsp3) is 0.316. The minimum absolute atomic E-state index is 0.00421. The van der Waals surface area contributed by atoms with E-state index in [0.29, 0.717) is 18.5 Å². The summed E-state index contributed by atoms with van der Waals surface area (Å²) in [5.41, 5.74) is 1.46. The van der Waals surface area contributed by atoms with E-state index in [1.807, 2.05) is 0 Å². The van der Waals surface area contributed by atoms with Gasteiger partial charge in [0.1, 0.15) is 0 Å². The van der Waals surface area contributed by atoms with Gasteiger partial charge < -0.3 is 4.90 Å². The average Bonchev–Trinajstić information content (AvgIpc) is 2.88. The number of nitrogens with one attached hydrogen (secondary N) is 1. The Labute approximate surface area is 160 Å². The SMILES string of the molecule is C[C@@H]1C(=O)N2CCCc3cc(S(=O)(=O)Nc4ccc(C(F)(F)F)cc4)cc1c32. The van der Waals surface area contributed by atoms with Gasteiger partial charge in [0.05, 0.1) is 22.1 Å². The lowest BCUT2D eigenvalue weighted by molar-refractivity contribution is -0.137. The van der Waals surface area contributed by atoms with Gasteiger partial charge in [0.15, 0.2) is 0 Å². The van der Waals surface area contributed by atoms with E-state index in [-0.39, 0.29) is 16.5 Å². The first-order chi connectivity index (χ1) is 13.1. The number of benzene rings is 2. The zero-order chi connectivity index (χ0) is 20.3. The second kappa shape index (κ2) is 6.23. The van der Waals surface area contributed by atoms with Crippen LogP contribution in [-0.2, 0) is 27.4 Å². The molecule has 1 amide bonds. The van der Waals surface area contributed by atoms with Crippen LogP contribution in [0.4, 0.5) is 24.5 Å². The molecule has 0 unspecified atom stereocenters. The molecule has 0 saturated heterocycles. The molecule has 0 fully saturated rings. The van der Waals surface area contributed by atoms with Crippen LogP contribution >= 0.6 is 0 Å². The summed E-state index contributed by atoms with van der Waals surface area (Å²) in [6.07, 6.45) is -3.07. The van der Waals surface area contributed by atoms with Crippen molar-refractivity contribution in [1.82, 2.24) is 0 Å². The molecule has 9 heteroatoms. The number of halogens is 3. The van der Waals surface area contributed by atoms with E-state index in [9.17, 15) is 26.4 Å². The lowest BCUT2D eigenvalue weighted by atomic mass is 9.97. The Balaban J connectivity index is 1.69. The highest BCUT2D eigenvalue weighted by atomic mass is 32.2. The zero-order valence-electron chi connectivity index (χ0n) is 14.9. The van der Waals surface area contributed by atoms with Crippen LogP contribution in [0.1, 0.15) is 36.0 Å². The minimum atomic E-state index is -4.49. The third-order valence-corrected chi connectivity index (χ3v) is 6.53. The third-order valence-electron chi connectivity index (χ3n) is 5.17. The smallest absolute Gasteiger partial charge is 0.311 e. The van der Waals surface area contributed by atoms with Crippen LogP contribution in [-0.4, -0.2) is 20.9 Å². The largest absolute Gasteiger partial charge is 0.416 e. The molecule has 2 aliphatic heterocycles. The van der Waals surface area contributed by atoms with Gasteiger partial charge in [-0.25, -0.2) is 8.42 Å². The number of rotatable bonds is 3. The van der Waals surface area contributed by atoms with Gasteiger partial charge in [0.2, 0.25) is 5.91 Å². The minimum Gasteiger partial charge on any atom is -0.311 e. The van der Waals surface area contributed by atoms with E-state index in [0.717, 1.165) is 41.9 Å². The maximum Gasteiger partial charge on any atom is 0.416 e. The van der Waals surface area contributed by atoms with Gasteiger partial charge >= 0.3 is 6.18 Å². The second-order valence-corrected chi connectivity index (χ2v) is 8.70. The van der Waals surface area contributed by atoms with Crippen molar-refractivity contribution in [2.75, 3.05) is 16.2 Å². The number of hydrogen-bond acceptors (Lipinski definition) is 3. The molecule has 2 aliphatic rings. The Morgan fingerprint density at radius 2 is 1.82 bits per heavy atom. The van der Waals surface area contributed by atoms with Crippen LogP contribution in [0.25, 0.3) is 0 Å². The molecule has 0 bridgehead atoms. The van der Waals surface area contributed by atoms with E-state index >= 15 is 0 Å². The molecule has 28 heavy (non-hydrogen) atoms. The molecule has 5 nitrogen and oxygen atoms in total. The lowest BCUT2D eigenvalue weighted by Gasteiger charge is -2.26. The molecule has 4 rings (SSSR count). The van der Waals surface area contributed by atoms with Gasteiger partial charge in [0, 0.05) is 12.2 Å². The molecule has 2 heterocycles. The van der Waals surface area contributed by atoms with E-state index in [2.05, 4.69) is 4.72 Å². The summed E-state index contributed by atoms with van der Waals surface area (Å²) in [5, 5.41) is 0. The molecular weight excluding hydrogens is 393 g/mol. The van der Waals surface area contributed by atoms with Crippen molar-refractivity contribution in [3.63, 3.8) is 0 Å². The number of aryl methyl sites for hydroxylation is 1. The van der Waals surface area contributed by atoms with Crippen LogP contribution in [0.15, 0.2) is 41.3 Å². The number of alkyl halides is 3. The average molecular weight is 410 g/mol. The van der Waals surface area contributed by atoms with Crippen LogP contribution in [0.2, 0.25) is 0 Å². The van der Waals surface area contributed by atoms with Crippen LogP contribution in [0.3, 0.4) is 0 Å². The number of hydrogen-bond donors (Lipinski definition) is 1. The van der Waals surface area contributed by atoms with Crippen molar-refractivity contribution in [2.45, 2.75) is 36.8 Å². The molecule has 1 atom stereocenters. The number of anilines is 2. The monoisotopic (exact) mass is 410 g/mol. The lowest BCUT2D eigenvalue weighted by Crippen LogP contribution is -2.32. The maximum absolute atomic E-state index is 12.8. The predicted octanol–water partition coefficient (Wildman–Crippen LogP) is 3.90. The Morgan fingerprint density at radius 3 is 2.46 bits per heavy atom. The van der Waals surface area contributed by atoms with Crippen LogP contribution in [0, 0.1) is 0 Å². The first kappa shape index (κ1) is 18.8. The molecule has 0 aliphatic carbocycles. The van der Waals surface area contributed by atoms with Gasteiger partial charge in [-0.05, 0) is 67.3 Å². The summed E-state index contributed by atoms with van der Waals surface area (Å²) < 4.78 is 65.9. The molecule has 0 aromatic heterocycles. The third kappa shape index (κ3) is 3.03. The first-order valence-corrected chi connectivity index (χ1v) is 10.2. The van der Waals surface area contributed by atoms with E-state index in [1.54, 1.807) is 17.9 Å². The molecule has 0 radical (unpaired) electrons. The van der Waals surface area contributed by atoms with Crippen molar-refractivity contribution in [3.05, 3.63) is 53.1 Å². The fourth-order valence-corrected chi connectivity index (χ4v) is 4.91. The van der Waals surface area contributed by atoms with Crippen molar-refractivity contribution in [1.29, 1.82) is 0 Å². The Morgan fingerprint density at radius 1 is 1.14 bits per heavy atom. The maximum atomic E-state index is 12.8. The summed E-state index contributed by atoms with van der Waals surface area (Å²) in [4.78, 5) is 14.1. The fourth-order valence-electron chi connectivity index (χ4n) is 3.76. The van der Waals surface area contributed by atoms with E-state index in [4.69, 9.17) is 0 Å². The van der Waals surface area contributed by atoms with Gasteiger partial charge in [-0.1, -0.05) is 0 Å². The Hall–Kier alpha value is -2.55. The second-order valence-electron chi connectivity index (χ2n) is 7.02. The van der Waals surface area contributed by atoms with E-state index < -0.39 is 27.7 Å². The Kier molecular flexibility index (Phi) is 4.18. The van der Waals surface area contributed by atoms with Crippen LogP contribution < -0.4 is 9.62 Å². The topological polar surface area (TPSA) is 66.5 Å². The summed E-state index contributed by atoms with van der Waals surface area (Å²) in [7, 11) is -4.01. The number of carbonyl (C=O) groups is 1. The highest BCUT2D eigenvalue weighted by Crippen LogP contribution is 2.44. The van der Waals surface area contributed by atoms with Crippen LogP contribution in [0.5, 0.6) is 0 Å². The Bertz CT molecular complexity index is 1060. The van der Waals surface area contributed by atoms with Crippen molar-refractivity contribution < 1.29 is 26.4 Å². The summed E-state index contributed by atoms with van der Waals surface area (Å²) in [5.74, 6) is -0.464. The van der Waals surface area contributed by atoms with Crippen molar-refractivity contribution >= 4 is 27.3 Å². The highest BCUT2D eigenvalue weighted by molar-refractivity contribution is 7.92. The van der Waals surface area contributed by atoms with E-state index in [1.165, 1.54) is 6.07 Å². The van der Waals surface area contributed by atoms with Crippen molar-refractivity contribution in [2.24, 2.45) is 0 Å². The standard InChI is InChI=1S/C19H17F3N2O3S/c1-11-16-10-15(9-12-3-2-8-24(17(12)16)18(11)25)28(26,27)23-14-6-4-13(5-7-14)19(20,21)22/h4-7,9-11,23H,2-3,8H2,1H3/t11-/m0/s1. The molecule has 0 spiro atoms. The summed E-state index contributed by atoms with van der Waals surface area (Å²) in [6, 6.07) is 6.82. The van der Waals surface area contributed by atoms with Gasteiger partial charge in [-0.2, -0.15) is 13.2 Å². The zero-order valence-corrected chi connectivity index (χ0v) is 15.7. The number of sulfonamides is 1. The van der Waals surface area contributed by atoms with Crippen molar-refractivity contribution in [3.8, 4) is 0 Å². The van der Waals surface area contributed by atoms with Gasteiger partial charge in [-0.3, -0.25) is 9.52 Å². The van der Waals surface area contributed by atoms with Gasteiger partial charge in [0.25, 0.3) is 10.0 Å². The first-order valence-electron chi connectivity index (χ1n) is 8.76.